The van der Waals surface area contributed by atoms with E-state index in [-0.39, 0.29) is 0 Å². The Morgan fingerprint density at radius 3 is 2.75 bits per heavy atom. The maximum atomic E-state index is 9.33. The predicted octanol–water partition coefficient (Wildman–Crippen LogP) is -0.662. The molecule has 5 nitrogen and oxygen atoms in total. The molecule has 2 N–H and O–H groups in total. The SMILES string of the molecule is Cn1nccc1C(O)C(O)C#N. The molecule has 1 heterocycles. The van der Waals surface area contributed by atoms with Crippen LogP contribution in [0.3, 0.4) is 0 Å². The van der Waals surface area contributed by atoms with E-state index in [9.17, 15) is 5.11 Å². The van der Waals surface area contributed by atoms with Gasteiger partial charge in [-0.2, -0.15) is 10.4 Å². The van der Waals surface area contributed by atoms with Crippen molar-refractivity contribution >= 4 is 0 Å². The highest BCUT2D eigenvalue weighted by Gasteiger charge is 2.19. The van der Waals surface area contributed by atoms with Crippen molar-refractivity contribution in [1.29, 1.82) is 5.26 Å². The van der Waals surface area contributed by atoms with Gasteiger partial charge in [-0.1, -0.05) is 0 Å². The molecule has 1 aromatic heterocycles. The molecule has 0 aliphatic carbocycles. The molecule has 0 bridgehead atoms. The lowest BCUT2D eigenvalue weighted by Gasteiger charge is -2.10. The molecule has 2 atom stereocenters. The molecule has 0 saturated heterocycles. The third-order valence-corrected chi connectivity index (χ3v) is 1.59. The number of aryl methyl sites for hydroxylation is 1. The summed E-state index contributed by atoms with van der Waals surface area (Å²) in [6.07, 6.45) is -1.11. The highest BCUT2D eigenvalue weighted by atomic mass is 16.3. The average Bonchev–Trinajstić information content (AvgIpc) is 2.48. The predicted molar refractivity (Wildman–Crippen MR) is 39.8 cm³/mol. The van der Waals surface area contributed by atoms with E-state index in [1.54, 1.807) is 19.2 Å². The van der Waals surface area contributed by atoms with E-state index < -0.39 is 12.2 Å². The van der Waals surface area contributed by atoms with Crippen LogP contribution in [0.2, 0.25) is 0 Å². The monoisotopic (exact) mass is 167 g/mol. The first-order valence-corrected chi connectivity index (χ1v) is 3.40. The van der Waals surface area contributed by atoms with Gasteiger partial charge in [-0.05, 0) is 6.07 Å². The molecule has 0 radical (unpaired) electrons. The van der Waals surface area contributed by atoms with E-state index in [0.717, 1.165) is 0 Å². The molecule has 1 rings (SSSR count). The van der Waals surface area contributed by atoms with Crippen LogP contribution < -0.4 is 0 Å². The number of aliphatic hydroxyl groups excluding tert-OH is 2. The molecular weight excluding hydrogens is 158 g/mol. The number of nitriles is 1. The Bertz CT molecular complexity index is 302. The van der Waals surface area contributed by atoms with Crippen molar-refractivity contribution in [3.63, 3.8) is 0 Å². The van der Waals surface area contributed by atoms with Crippen LogP contribution in [0.1, 0.15) is 11.8 Å². The zero-order valence-corrected chi connectivity index (χ0v) is 6.55. The van der Waals surface area contributed by atoms with Crippen LogP contribution in [-0.4, -0.2) is 26.1 Å². The molecular formula is C7H9N3O2. The second-order valence-corrected chi connectivity index (χ2v) is 2.40. The van der Waals surface area contributed by atoms with E-state index in [4.69, 9.17) is 10.4 Å². The molecule has 0 aliphatic rings. The van der Waals surface area contributed by atoms with E-state index in [1.165, 1.54) is 10.9 Å². The summed E-state index contributed by atoms with van der Waals surface area (Å²) in [5.74, 6) is 0. The van der Waals surface area contributed by atoms with E-state index in [1.807, 2.05) is 0 Å². The van der Waals surface area contributed by atoms with Gasteiger partial charge in [-0.25, -0.2) is 0 Å². The zero-order valence-electron chi connectivity index (χ0n) is 6.55. The average molecular weight is 167 g/mol. The smallest absolute Gasteiger partial charge is 0.171 e. The number of nitrogens with zero attached hydrogens (tertiary/aromatic N) is 3. The first-order valence-electron chi connectivity index (χ1n) is 3.40. The highest BCUT2D eigenvalue weighted by molar-refractivity contribution is 5.09. The minimum absolute atomic E-state index is 0.420. The van der Waals surface area contributed by atoms with Gasteiger partial charge in [0, 0.05) is 13.2 Å². The van der Waals surface area contributed by atoms with Crippen LogP contribution >= 0.6 is 0 Å². The summed E-state index contributed by atoms with van der Waals surface area (Å²) >= 11 is 0. The van der Waals surface area contributed by atoms with Crippen molar-refractivity contribution in [3.8, 4) is 6.07 Å². The Labute approximate surface area is 69.5 Å². The number of aliphatic hydroxyl groups is 2. The Kier molecular flexibility index (Phi) is 2.43. The first-order chi connectivity index (χ1) is 5.66. The lowest BCUT2D eigenvalue weighted by molar-refractivity contribution is 0.0472. The van der Waals surface area contributed by atoms with Gasteiger partial charge >= 0.3 is 0 Å². The third-order valence-electron chi connectivity index (χ3n) is 1.59. The second-order valence-electron chi connectivity index (χ2n) is 2.40. The largest absolute Gasteiger partial charge is 0.383 e. The summed E-state index contributed by atoms with van der Waals surface area (Å²) in [6.45, 7) is 0. The molecule has 0 saturated carbocycles. The summed E-state index contributed by atoms with van der Waals surface area (Å²) in [6, 6.07) is 3.09. The molecule has 0 amide bonds. The van der Waals surface area contributed by atoms with Crippen LogP contribution in [0.5, 0.6) is 0 Å². The summed E-state index contributed by atoms with van der Waals surface area (Å²) in [5, 5.41) is 30.4. The fourth-order valence-corrected chi connectivity index (χ4v) is 0.907. The van der Waals surface area contributed by atoms with Crippen molar-refractivity contribution in [3.05, 3.63) is 18.0 Å². The Morgan fingerprint density at radius 2 is 2.33 bits per heavy atom. The Balaban J connectivity index is 2.86. The van der Waals surface area contributed by atoms with Crippen molar-refractivity contribution < 1.29 is 10.2 Å². The number of hydrogen-bond donors (Lipinski definition) is 2. The van der Waals surface area contributed by atoms with Gasteiger partial charge in [0.15, 0.2) is 6.10 Å². The summed E-state index contributed by atoms with van der Waals surface area (Å²) in [5.41, 5.74) is 0.420. The first kappa shape index (κ1) is 8.71. The van der Waals surface area contributed by atoms with Gasteiger partial charge in [-0.15, -0.1) is 0 Å². The third kappa shape index (κ3) is 1.44. The van der Waals surface area contributed by atoms with Gasteiger partial charge in [0.2, 0.25) is 0 Å². The molecule has 64 valence electrons. The van der Waals surface area contributed by atoms with Gasteiger partial charge in [-0.3, -0.25) is 4.68 Å². The highest BCUT2D eigenvalue weighted by Crippen LogP contribution is 2.14. The summed E-state index contributed by atoms with van der Waals surface area (Å²) in [7, 11) is 1.63. The van der Waals surface area contributed by atoms with Crippen LogP contribution in [0.15, 0.2) is 12.3 Å². The van der Waals surface area contributed by atoms with Crippen LogP contribution in [0.25, 0.3) is 0 Å². The fraction of sp³-hybridized carbons (Fsp3) is 0.429. The second kappa shape index (κ2) is 3.34. The van der Waals surface area contributed by atoms with Crippen LogP contribution in [0.4, 0.5) is 0 Å². The molecule has 12 heavy (non-hydrogen) atoms. The van der Waals surface area contributed by atoms with E-state index >= 15 is 0 Å². The fourth-order valence-electron chi connectivity index (χ4n) is 0.907. The van der Waals surface area contributed by atoms with Gasteiger partial charge in [0.1, 0.15) is 6.10 Å². The van der Waals surface area contributed by atoms with Crippen molar-refractivity contribution in [2.75, 3.05) is 0 Å². The van der Waals surface area contributed by atoms with E-state index in [0.29, 0.717) is 5.69 Å². The standard InChI is InChI=1S/C7H9N3O2/c1-10-5(2-3-9-10)7(12)6(11)4-8/h2-3,6-7,11-12H,1H3. The molecule has 5 heteroatoms. The van der Waals surface area contributed by atoms with Gasteiger partial charge < -0.3 is 10.2 Å². The number of aromatic nitrogens is 2. The molecule has 0 aliphatic heterocycles. The normalized spacial score (nSPS) is 15.2. The maximum Gasteiger partial charge on any atom is 0.171 e. The van der Waals surface area contributed by atoms with Gasteiger partial charge in [0.25, 0.3) is 0 Å². The minimum Gasteiger partial charge on any atom is -0.383 e. The minimum atomic E-state index is -1.40. The van der Waals surface area contributed by atoms with Crippen LogP contribution in [-0.2, 0) is 7.05 Å². The van der Waals surface area contributed by atoms with Crippen molar-refractivity contribution in [1.82, 2.24) is 9.78 Å². The van der Waals surface area contributed by atoms with Crippen molar-refractivity contribution in [2.24, 2.45) is 7.05 Å². The molecule has 2 unspecified atom stereocenters. The lowest BCUT2D eigenvalue weighted by atomic mass is 10.1. The topological polar surface area (TPSA) is 82.1 Å². The maximum absolute atomic E-state index is 9.33. The molecule has 0 aromatic carbocycles. The van der Waals surface area contributed by atoms with Gasteiger partial charge in [0.05, 0.1) is 11.8 Å². The summed E-state index contributed by atoms with van der Waals surface area (Å²) in [4.78, 5) is 0. The Morgan fingerprint density at radius 1 is 1.67 bits per heavy atom. The number of hydrogen-bond acceptors (Lipinski definition) is 4. The zero-order chi connectivity index (χ0) is 9.14. The lowest BCUT2D eigenvalue weighted by Crippen LogP contribution is -2.18. The quantitative estimate of drug-likeness (QED) is 0.573. The molecule has 0 fully saturated rings. The molecule has 0 spiro atoms. The Hall–Kier alpha value is -1.38. The molecule has 1 aromatic rings. The van der Waals surface area contributed by atoms with E-state index in [2.05, 4.69) is 5.10 Å². The summed E-state index contributed by atoms with van der Waals surface area (Å²) < 4.78 is 1.41. The number of rotatable bonds is 2. The van der Waals surface area contributed by atoms with Crippen LogP contribution in [0, 0.1) is 11.3 Å². The van der Waals surface area contributed by atoms with Crippen molar-refractivity contribution in [2.45, 2.75) is 12.2 Å².